The minimum absolute atomic E-state index is 0.195. The molecule has 1 N–H and O–H groups in total. The van der Waals surface area contributed by atoms with Crippen LogP contribution in [0.4, 0.5) is 0 Å². The van der Waals surface area contributed by atoms with Gasteiger partial charge in [0.15, 0.2) is 12.0 Å². The van der Waals surface area contributed by atoms with Crippen LogP contribution in [0.5, 0.6) is 0 Å². The molecular weight excluding hydrogens is 366 g/mol. The van der Waals surface area contributed by atoms with E-state index in [1.54, 1.807) is 6.92 Å². The summed E-state index contributed by atoms with van der Waals surface area (Å²) in [6.45, 7) is 7.79. The van der Waals surface area contributed by atoms with Gasteiger partial charge in [0.05, 0.1) is 12.2 Å². The largest absolute Gasteiger partial charge is 0.373 e. The topological polar surface area (TPSA) is 105 Å². The van der Waals surface area contributed by atoms with Crippen molar-refractivity contribution in [3.05, 3.63) is 26.5 Å². The van der Waals surface area contributed by atoms with E-state index in [1.165, 1.54) is 6.42 Å². The summed E-state index contributed by atoms with van der Waals surface area (Å²) in [4.78, 5) is 26.4. The van der Waals surface area contributed by atoms with E-state index >= 15 is 0 Å². The van der Waals surface area contributed by atoms with Crippen molar-refractivity contribution < 1.29 is 18.9 Å². The van der Waals surface area contributed by atoms with Crippen molar-refractivity contribution in [3.63, 3.8) is 0 Å². The average molecular weight is 395 g/mol. The van der Waals surface area contributed by atoms with Gasteiger partial charge in [-0.3, -0.25) is 9.78 Å². The maximum absolute atomic E-state index is 12.4. The zero-order chi connectivity index (χ0) is 20.1. The van der Waals surface area contributed by atoms with E-state index in [2.05, 4.69) is 10.1 Å². The van der Waals surface area contributed by atoms with Crippen molar-refractivity contribution in [2.75, 3.05) is 6.61 Å². The third-order valence-corrected chi connectivity index (χ3v) is 5.54. The molecule has 0 aromatic carbocycles. The predicted molar refractivity (Wildman–Crippen MR) is 99.0 cm³/mol. The van der Waals surface area contributed by atoms with Gasteiger partial charge in [0.1, 0.15) is 24.0 Å². The maximum atomic E-state index is 12.4. The molecule has 3 heterocycles. The summed E-state index contributed by atoms with van der Waals surface area (Å²) in [5.74, 6) is -0.629. The molecule has 1 aromatic rings. The van der Waals surface area contributed by atoms with Crippen molar-refractivity contribution >= 4 is 0 Å². The van der Waals surface area contributed by atoms with Gasteiger partial charge in [-0.2, -0.15) is 9.78 Å². The molecular formula is C19H29N3O6. The number of hydrogen-bond acceptors (Lipinski definition) is 7. The first-order valence-electron chi connectivity index (χ1n) is 10.0. The van der Waals surface area contributed by atoms with Crippen LogP contribution in [0.2, 0.25) is 0 Å². The average Bonchev–Trinajstić information content (AvgIpc) is 3.12. The SMILES string of the molecule is Cc1nn([C@H]2O[C@@H](COC(C)(C)C)[C@@H]3OC4(CCCCC4)O[C@@H]32)c(=O)[nH]c1=O. The molecule has 28 heavy (non-hydrogen) atoms. The van der Waals surface area contributed by atoms with Crippen molar-refractivity contribution in [1.82, 2.24) is 14.8 Å². The normalized spacial score (nSPS) is 32.0. The standard InChI is InChI=1S/C19H29N3O6/c1-11-15(23)20-17(24)22(21-11)16-14-13(12(26-16)10-25-18(2,3)4)27-19(28-14)8-6-5-7-9-19/h12-14,16H,5-10H2,1-4H3,(H,20,23,24)/t12-,13-,14-,16-/m0/s1. The van der Waals surface area contributed by atoms with Gasteiger partial charge >= 0.3 is 5.69 Å². The number of nitrogens with one attached hydrogen (secondary N) is 1. The van der Waals surface area contributed by atoms with Gasteiger partial charge < -0.3 is 18.9 Å². The molecule has 4 atom stereocenters. The van der Waals surface area contributed by atoms with Crippen molar-refractivity contribution in [2.45, 2.75) is 95.7 Å². The van der Waals surface area contributed by atoms with Crippen LogP contribution in [-0.2, 0) is 18.9 Å². The number of nitrogens with zero attached hydrogens (tertiary/aromatic N) is 2. The molecule has 1 spiro atoms. The van der Waals surface area contributed by atoms with Gasteiger partial charge in [0.2, 0.25) is 0 Å². The second kappa shape index (κ2) is 7.05. The minimum Gasteiger partial charge on any atom is -0.373 e. The molecule has 9 heteroatoms. The highest BCUT2D eigenvalue weighted by Gasteiger charge is 2.59. The maximum Gasteiger partial charge on any atom is 0.347 e. The molecule has 0 amide bonds. The van der Waals surface area contributed by atoms with Crippen LogP contribution >= 0.6 is 0 Å². The predicted octanol–water partition coefficient (Wildman–Crippen LogP) is 1.40. The van der Waals surface area contributed by atoms with E-state index in [0.717, 1.165) is 30.4 Å². The van der Waals surface area contributed by atoms with Gasteiger partial charge in [-0.05, 0) is 40.5 Å². The Bertz CT molecular complexity index is 835. The molecule has 3 aliphatic rings. The Morgan fingerprint density at radius 2 is 1.86 bits per heavy atom. The lowest BCUT2D eigenvalue weighted by molar-refractivity contribution is -0.237. The lowest BCUT2D eigenvalue weighted by Gasteiger charge is -2.34. The molecule has 0 radical (unpaired) electrons. The van der Waals surface area contributed by atoms with E-state index in [1.807, 2.05) is 20.8 Å². The first kappa shape index (κ1) is 19.8. The monoisotopic (exact) mass is 395 g/mol. The van der Waals surface area contributed by atoms with Crippen LogP contribution in [0.3, 0.4) is 0 Å². The summed E-state index contributed by atoms with van der Waals surface area (Å²) < 4.78 is 26.0. The van der Waals surface area contributed by atoms with Crippen LogP contribution in [0.1, 0.15) is 64.8 Å². The number of fused-ring (bicyclic) bond motifs is 1. The first-order valence-corrected chi connectivity index (χ1v) is 10.0. The number of rotatable bonds is 3. The number of H-pyrrole nitrogens is 1. The molecule has 156 valence electrons. The Morgan fingerprint density at radius 3 is 2.54 bits per heavy atom. The molecule has 4 rings (SSSR count). The summed E-state index contributed by atoms with van der Waals surface area (Å²) in [6.07, 6.45) is 2.90. The third-order valence-electron chi connectivity index (χ3n) is 5.54. The molecule has 1 saturated carbocycles. The molecule has 0 bridgehead atoms. The minimum atomic E-state index is -0.775. The molecule has 1 aromatic heterocycles. The Labute approximate surface area is 163 Å². The fourth-order valence-electron chi connectivity index (χ4n) is 4.16. The quantitative estimate of drug-likeness (QED) is 0.825. The number of ether oxygens (including phenoxy) is 4. The van der Waals surface area contributed by atoms with Gasteiger partial charge in [0.25, 0.3) is 5.56 Å². The van der Waals surface area contributed by atoms with Crippen molar-refractivity contribution in [1.29, 1.82) is 0 Å². The molecule has 2 saturated heterocycles. The highest BCUT2D eigenvalue weighted by atomic mass is 16.8. The molecule has 1 aliphatic carbocycles. The highest BCUT2D eigenvalue weighted by molar-refractivity contribution is 5.00. The van der Waals surface area contributed by atoms with Crippen molar-refractivity contribution in [2.24, 2.45) is 0 Å². The van der Waals surface area contributed by atoms with Gasteiger partial charge in [-0.15, -0.1) is 0 Å². The van der Waals surface area contributed by atoms with E-state index in [0.29, 0.717) is 6.61 Å². The van der Waals surface area contributed by atoms with Crippen LogP contribution in [0.15, 0.2) is 9.59 Å². The van der Waals surface area contributed by atoms with E-state index in [-0.39, 0.29) is 17.4 Å². The Hall–Kier alpha value is -1.55. The van der Waals surface area contributed by atoms with E-state index in [9.17, 15) is 9.59 Å². The summed E-state index contributed by atoms with van der Waals surface area (Å²) in [5.41, 5.74) is -1.26. The Morgan fingerprint density at radius 1 is 1.18 bits per heavy atom. The number of aromatic amines is 1. The Kier molecular flexibility index (Phi) is 4.97. The number of aromatic nitrogens is 3. The summed E-state index contributed by atoms with van der Waals surface area (Å²) in [6, 6.07) is 0. The number of aryl methyl sites for hydroxylation is 1. The zero-order valence-corrected chi connectivity index (χ0v) is 16.9. The summed E-state index contributed by atoms with van der Waals surface area (Å²) >= 11 is 0. The molecule has 0 unspecified atom stereocenters. The van der Waals surface area contributed by atoms with Gasteiger partial charge in [-0.1, -0.05) is 6.42 Å². The van der Waals surface area contributed by atoms with Crippen LogP contribution < -0.4 is 11.2 Å². The first-order chi connectivity index (χ1) is 13.2. The summed E-state index contributed by atoms with van der Waals surface area (Å²) in [7, 11) is 0. The molecule has 2 aliphatic heterocycles. The van der Waals surface area contributed by atoms with Crippen molar-refractivity contribution in [3.8, 4) is 0 Å². The van der Waals surface area contributed by atoms with E-state index < -0.39 is 35.5 Å². The lowest BCUT2D eigenvalue weighted by Crippen LogP contribution is -2.41. The van der Waals surface area contributed by atoms with E-state index in [4.69, 9.17) is 18.9 Å². The zero-order valence-electron chi connectivity index (χ0n) is 16.9. The lowest BCUT2D eigenvalue weighted by atomic mass is 9.94. The fraction of sp³-hybridized carbons (Fsp3) is 0.842. The Balaban J connectivity index is 1.64. The van der Waals surface area contributed by atoms with Crippen LogP contribution in [-0.4, -0.2) is 51.1 Å². The summed E-state index contributed by atoms with van der Waals surface area (Å²) in [5, 5.41) is 4.15. The fourth-order valence-corrected chi connectivity index (χ4v) is 4.16. The highest BCUT2D eigenvalue weighted by Crippen LogP contribution is 2.48. The number of hydrogen-bond donors (Lipinski definition) is 1. The third kappa shape index (κ3) is 3.68. The van der Waals surface area contributed by atoms with Crippen LogP contribution in [0, 0.1) is 6.92 Å². The second-order valence-corrected chi connectivity index (χ2v) is 8.91. The van der Waals surface area contributed by atoms with Gasteiger partial charge in [0, 0.05) is 12.8 Å². The molecule has 9 nitrogen and oxygen atoms in total. The van der Waals surface area contributed by atoms with Gasteiger partial charge in [-0.25, -0.2) is 4.79 Å². The smallest absolute Gasteiger partial charge is 0.347 e. The molecule has 3 fully saturated rings. The van der Waals surface area contributed by atoms with Crippen LogP contribution in [0.25, 0.3) is 0 Å². The second-order valence-electron chi connectivity index (χ2n) is 8.91.